The fourth-order valence-electron chi connectivity index (χ4n) is 3.54. The molecule has 164 valence electrons. The average molecular weight is 431 g/mol. The fourth-order valence-corrected chi connectivity index (χ4v) is 3.54. The molecular weight excluding hydrogens is 409 g/mol. The van der Waals surface area contributed by atoms with Crippen molar-refractivity contribution < 1.29 is 23.5 Å². The van der Waals surface area contributed by atoms with Crippen molar-refractivity contribution in [1.82, 2.24) is 9.13 Å². The second-order valence-electron chi connectivity index (χ2n) is 6.81. The highest BCUT2D eigenvalue weighted by Gasteiger charge is 2.41. The molecule has 9 nitrogen and oxygen atoms in total. The second-order valence-corrected chi connectivity index (χ2v) is 6.81. The Kier molecular flexibility index (Phi) is 6.09. The number of nitrogens with zero attached hydrogens (tertiary/aromatic N) is 2. The largest absolute Gasteiger partial charge is 0.463 e. The van der Waals surface area contributed by atoms with Crippen molar-refractivity contribution in [3.63, 3.8) is 0 Å². The number of esters is 2. The van der Waals surface area contributed by atoms with Gasteiger partial charge in [0.15, 0.2) is 0 Å². The summed E-state index contributed by atoms with van der Waals surface area (Å²) in [5.74, 6) is -3.26. The number of aromatic nitrogens is 2. The normalized spacial score (nSPS) is 15.2. The van der Waals surface area contributed by atoms with Gasteiger partial charge in [-0.2, -0.15) is 0 Å². The number of anilines is 1. The number of hydrogen-bond donors (Lipinski definition) is 1. The van der Waals surface area contributed by atoms with E-state index in [1.807, 2.05) is 0 Å². The molecule has 0 amide bonds. The maximum atomic E-state index is 13.6. The van der Waals surface area contributed by atoms with Gasteiger partial charge < -0.3 is 14.8 Å². The summed E-state index contributed by atoms with van der Waals surface area (Å²) in [6.45, 7) is 3.25. The Bertz CT molecular complexity index is 1190. The second kappa shape index (κ2) is 8.58. The zero-order chi connectivity index (χ0) is 22.9. The molecule has 1 N–H and O–H groups in total. The number of nitrogens with one attached hydrogen (secondary N) is 1. The minimum Gasteiger partial charge on any atom is -0.463 e. The maximum absolute atomic E-state index is 13.6. The van der Waals surface area contributed by atoms with Crippen molar-refractivity contribution in [2.45, 2.75) is 19.8 Å². The first-order chi connectivity index (χ1) is 14.7. The summed E-state index contributed by atoms with van der Waals surface area (Å²) in [5, 5.41) is 2.74. The van der Waals surface area contributed by atoms with E-state index >= 15 is 0 Å². The molecule has 31 heavy (non-hydrogen) atoms. The van der Waals surface area contributed by atoms with Gasteiger partial charge >= 0.3 is 17.6 Å². The zero-order valence-electron chi connectivity index (χ0n) is 17.5. The van der Waals surface area contributed by atoms with Gasteiger partial charge in [-0.15, -0.1) is 0 Å². The van der Waals surface area contributed by atoms with E-state index in [9.17, 15) is 23.6 Å². The molecule has 1 aromatic carbocycles. The minimum absolute atomic E-state index is 0.0206. The van der Waals surface area contributed by atoms with Crippen molar-refractivity contribution >= 4 is 17.8 Å². The lowest BCUT2D eigenvalue weighted by atomic mass is 9.82. The number of ether oxygens (including phenoxy) is 2. The summed E-state index contributed by atoms with van der Waals surface area (Å²) < 4.78 is 25.9. The number of carbonyl (C=O) groups is 2. The smallest absolute Gasteiger partial charge is 0.355 e. The summed E-state index contributed by atoms with van der Waals surface area (Å²) in [7, 11) is 2.73. The van der Waals surface area contributed by atoms with E-state index in [0.29, 0.717) is 5.56 Å². The molecule has 0 saturated heterocycles. The quantitative estimate of drug-likeness (QED) is 0.708. The molecule has 2 heterocycles. The molecule has 2 aromatic rings. The van der Waals surface area contributed by atoms with E-state index in [4.69, 9.17) is 9.47 Å². The van der Waals surface area contributed by atoms with Gasteiger partial charge in [0.25, 0.3) is 5.56 Å². The lowest BCUT2D eigenvalue weighted by Crippen LogP contribution is -2.44. The van der Waals surface area contributed by atoms with Crippen molar-refractivity contribution in [3.05, 3.63) is 73.3 Å². The average Bonchev–Trinajstić information content (AvgIpc) is 2.75. The Morgan fingerprint density at radius 2 is 1.58 bits per heavy atom. The molecular formula is C21H22FN3O6. The highest BCUT2D eigenvalue weighted by Crippen LogP contribution is 2.40. The summed E-state index contributed by atoms with van der Waals surface area (Å²) in [6, 6.07) is 5.16. The Labute approximate surface area is 176 Å². The van der Waals surface area contributed by atoms with Crippen LogP contribution >= 0.6 is 0 Å². The van der Waals surface area contributed by atoms with E-state index in [-0.39, 0.29) is 35.9 Å². The highest BCUT2D eigenvalue weighted by atomic mass is 19.1. The maximum Gasteiger partial charge on any atom is 0.355 e. The van der Waals surface area contributed by atoms with Crippen LogP contribution in [0.5, 0.6) is 0 Å². The van der Waals surface area contributed by atoms with Gasteiger partial charge in [-0.05, 0) is 31.5 Å². The molecule has 1 atom stereocenters. The molecule has 1 aliphatic heterocycles. The standard InChI is InChI=1S/C21H22FN3O6/c1-5-30-19(27)14-13(11-7-9-12(22)10-8-11)15-17(23-16(14)20(28)31-6-2)24(3)21(29)25(4)18(15)26/h7-10,13,23H,5-6H2,1-4H3. The number of carbonyl (C=O) groups excluding carboxylic acids is 2. The van der Waals surface area contributed by atoms with Crippen LogP contribution in [-0.2, 0) is 33.2 Å². The van der Waals surface area contributed by atoms with Gasteiger partial charge in [-0.3, -0.25) is 13.9 Å². The first-order valence-corrected chi connectivity index (χ1v) is 9.63. The first-order valence-electron chi connectivity index (χ1n) is 9.63. The Morgan fingerprint density at radius 3 is 2.16 bits per heavy atom. The van der Waals surface area contributed by atoms with E-state index in [0.717, 1.165) is 9.13 Å². The van der Waals surface area contributed by atoms with Crippen LogP contribution in [0.25, 0.3) is 0 Å². The number of hydrogen-bond acceptors (Lipinski definition) is 7. The van der Waals surface area contributed by atoms with Crippen LogP contribution in [0, 0.1) is 5.82 Å². The lowest BCUT2D eigenvalue weighted by Gasteiger charge is -2.31. The molecule has 0 bridgehead atoms. The highest BCUT2D eigenvalue weighted by molar-refractivity contribution is 6.05. The molecule has 1 aromatic heterocycles. The molecule has 1 unspecified atom stereocenters. The molecule has 1 aliphatic rings. The van der Waals surface area contributed by atoms with Crippen LogP contribution in [0.1, 0.15) is 30.9 Å². The summed E-state index contributed by atoms with van der Waals surface area (Å²) in [6.07, 6.45) is 0. The molecule has 0 radical (unpaired) electrons. The molecule has 3 rings (SSSR count). The van der Waals surface area contributed by atoms with Crippen molar-refractivity contribution in [3.8, 4) is 0 Å². The van der Waals surface area contributed by atoms with Gasteiger partial charge in [0.2, 0.25) is 0 Å². The number of halogens is 1. The van der Waals surface area contributed by atoms with Gasteiger partial charge in [0.05, 0.1) is 30.3 Å². The van der Waals surface area contributed by atoms with E-state index in [2.05, 4.69) is 5.32 Å². The van der Waals surface area contributed by atoms with Gasteiger partial charge in [0.1, 0.15) is 17.3 Å². The minimum atomic E-state index is -1.10. The summed E-state index contributed by atoms with van der Waals surface area (Å²) in [5.41, 5.74) is -1.28. The van der Waals surface area contributed by atoms with Crippen LogP contribution in [0.2, 0.25) is 0 Å². The fraction of sp³-hybridized carbons (Fsp3) is 0.333. The van der Waals surface area contributed by atoms with Crippen LogP contribution in [-0.4, -0.2) is 34.3 Å². The first kappa shape index (κ1) is 22.0. The van der Waals surface area contributed by atoms with Gasteiger partial charge in [-0.1, -0.05) is 12.1 Å². The van der Waals surface area contributed by atoms with Crippen molar-refractivity contribution in [2.75, 3.05) is 18.5 Å². The molecule has 0 aliphatic carbocycles. The topological polar surface area (TPSA) is 109 Å². The summed E-state index contributed by atoms with van der Waals surface area (Å²) in [4.78, 5) is 51.3. The molecule has 10 heteroatoms. The number of rotatable bonds is 5. The van der Waals surface area contributed by atoms with Crippen molar-refractivity contribution in [1.29, 1.82) is 0 Å². The zero-order valence-corrected chi connectivity index (χ0v) is 17.5. The van der Waals surface area contributed by atoms with Crippen LogP contribution in [0.15, 0.2) is 45.1 Å². The summed E-state index contributed by atoms with van der Waals surface area (Å²) >= 11 is 0. The third kappa shape index (κ3) is 3.76. The van der Waals surface area contributed by atoms with Gasteiger partial charge in [-0.25, -0.2) is 18.8 Å². The number of fused-ring (bicyclic) bond motifs is 1. The predicted octanol–water partition coefficient (Wildman–Crippen LogP) is 1.16. The van der Waals surface area contributed by atoms with E-state index < -0.39 is 34.9 Å². The Balaban J connectivity index is 2.43. The Hall–Kier alpha value is -3.69. The number of benzene rings is 1. The van der Waals surface area contributed by atoms with E-state index in [1.165, 1.54) is 38.4 Å². The molecule has 0 fully saturated rings. The Morgan fingerprint density at radius 1 is 1.00 bits per heavy atom. The third-order valence-corrected chi connectivity index (χ3v) is 4.97. The van der Waals surface area contributed by atoms with Crippen LogP contribution < -0.4 is 16.6 Å². The van der Waals surface area contributed by atoms with Crippen LogP contribution in [0.4, 0.5) is 10.2 Å². The van der Waals surface area contributed by atoms with Crippen molar-refractivity contribution in [2.24, 2.45) is 14.1 Å². The monoisotopic (exact) mass is 431 g/mol. The SMILES string of the molecule is CCOC(=O)C1=C(C(=O)OCC)C(c2ccc(F)cc2)c2c(n(C)c(=O)n(C)c2=O)N1. The lowest BCUT2D eigenvalue weighted by molar-refractivity contribution is -0.142. The predicted molar refractivity (Wildman–Crippen MR) is 109 cm³/mol. The van der Waals surface area contributed by atoms with Gasteiger partial charge in [0, 0.05) is 14.1 Å². The van der Waals surface area contributed by atoms with E-state index in [1.54, 1.807) is 13.8 Å². The molecule has 0 spiro atoms. The van der Waals surface area contributed by atoms with Crippen LogP contribution in [0.3, 0.4) is 0 Å². The third-order valence-electron chi connectivity index (χ3n) is 4.97. The molecule has 0 saturated carbocycles.